The summed E-state index contributed by atoms with van der Waals surface area (Å²) in [5.74, 6) is -0.164. The number of carbonyl (C=O) groups excluding carboxylic acids is 1. The summed E-state index contributed by atoms with van der Waals surface area (Å²) in [4.78, 5) is 30.3. The Labute approximate surface area is 355 Å². The third kappa shape index (κ3) is 11.4. The summed E-state index contributed by atoms with van der Waals surface area (Å²) >= 11 is 7.77. The highest BCUT2D eigenvalue weighted by Crippen LogP contribution is 2.31. The number of nitrogens with zero attached hydrogens (tertiary/aromatic N) is 3. The van der Waals surface area contributed by atoms with Crippen molar-refractivity contribution in [2.45, 2.75) is 54.0 Å². The molecule has 1 heterocycles. The summed E-state index contributed by atoms with van der Waals surface area (Å²) in [7, 11) is -4.43. The average molecular weight is 854 g/mol. The third-order valence-electron chi connectivity index (χ3n) is 11.0. The Balaban J connectivity index is 0.931. The highest BCUT2D eigenvalue weighted by molar-refractivity contribution is 7.99. The van der Waals surface area contributed by atoms with Crippen LogP contribution in [0.25, 0.3) is 11.1 Å². The smallest absolute Gasteiger partial charge is 0.293 e. The molecule has 1 amide bonds. The maximum Gasteiger partial charge on any atom is 0.293 e. The molecule has 0 radical (unpaired) electrons. The summed E-state index contributed by atoms with van der Waals surface area (Å²) in [6.07, 6.45) is 5.18. The quantitative estimate of drug-likeness (QED) is 0.0447. The first-order chi connectivity index (χ1) is 28.6. The van der Waals surface area contributed by atoms with Crippen molar-refractivity contribution in [3.05, 3.63) is 148 Å². The molecule has 0 spiro atoms. The van der Waals surface area contributed by atoms with Gasteiger partial charge in [0.05, 0.1) is 9.82 Å². The van der Waals surface area contributed by atoms with Crippen LogP contribution in [0.5, 0.6) is 0 Å². The molecule has 14 heteroatoms. The highest BCUT2D eigenvalue weighted by atomic mass is 35.5. The summed E-state index contributed by atoms with van der Waals surface area (Å²) in [5, 5.41) is 19.8. The van der Waals surface area contributed by atoms with E-state index in [-0.39, 0.29) is 27.9 Å². The van der Waals surface area contributed by atoms with Crippen molar-refractivity contribution in [2.24, 2.45) is 0 Å². The molecule has 1 aliphatic carbocycles. The van der Waals surface area contributed by atoms with Crippen LogP contribution in [0.4, 0.5) is 17.1 Å². The summed E-state index contributed by atoms with van der Waals surface area (Å²) < 4.78 is 28.9. The zero-order valence-corrected chi connectivity index (χ0v) is 35.2. The van der Waals surface area contributed by atoms with E-state index in [1.165, 1.54) is 29.7 Å². The molecule has 0 bridgehead atoms. The van der Waals surface area contributed by atoms with E-state index in [2.05, 4.69) is 61.6 Å². The fraction of sp³-hybridized carbons (Fsp3) is 0.311. The van der Waals surface area contributed by atoms with Gasteiger partial charge in [-0.15, -0.1) is 11.8 Å². The van der Waals surface area contributed by atoms with Crippen molar-refractivity contribution >= 4 is 56.4 Å². The number of rotatable bonds is 18. The normalized spacial score (nSPS) is 15.3. The number of piperazine rings is 1. The number of carbonyl (C=O) groups is 1. The monoisotopic (exact) mass is 852 g/mol. The maximum atomic E-state index is 13.4. The van der Waals surface area contributed by atoms with Crippen LogP contribution < -0.4 is 20.3 Å². The fourth-order valence-corrected chi connectivity index (χ4v) is 9.49. The Bertz CT molecular complexity index is 2300. The molecule has 2 aliphatic rings. The van der Waals surface area contributed by atoms with Crippen molar-refractivity contribution in [1.82, 2.24) is 14.9 Å². The third-order valence-corrected chi connectivity index (χ3v) is 13.8. The minimum atomic E-state index is -4.43. The van der Waals surface area contributed by atoms with Gasteiger partial charge < -0.3 is 15.5 Å². The maximum absolute atomic E-state index is 13.4. The van der Waals surface area contributed by atoms with Crippen LogP contribution in [0, 0.1) is 10.1 Å². The number of nitro groups is 1. The molecule has 5 aromatic rings. The molecule has 5 aromatic carbocycles. The Morgan fingerprint density at radius 3 is 2.29 bits per heavy atom. The van der Waals surface area contributed by atoms with Gasteiger partial charge in [0.2, 0.25) is 0 Å². The number of nitro benzene ring substituents is 1. The number of hydrogen-bond donors (Lipinski definition) is 3. The Morgan fingerprint density at radius 2 is 1.59 bits per heavy atom. The molecule has 2 fully saturated rings. The van der Waals surface area contributed by atoms with Gasteiger partial charge >= 0.3 is 0 Å². The second-order valence-electron chi connectivity index (χ2n) is 15.0. The lowest BCUT2D eigenvalue weighted by atomic mass is 9.93. The van der Waals surface area contributed by atoms with Crippen molar-refractivity contribution in [2.75, 3.05) is 55.2 Å². The molecule has 59 heavy (non-hydrogen) atoms. The number of halogens is 1. The van der Waals surface area contributed by atoms with Crippen LogP contribution in [0.2, 0.25) is 5.02 Å². The standard InChI is InChI=1S/C45H49ClN6O5S2/c46-36-17-13-34(14-18-36)42-12-5-4-7-33(42)24-26-50-27-29-51(30-28-50)39-19-15-35(16-20-39)45(53)49-59(56,57)41-21-22-43(44(31-41)52(54)55)48-38(23-25-47-37-8-6-9-37)32-58-40-10-2-1-3-11-40/h1-5,7,10-22,31,37-38,47-48H,6,8-9,23-30,32H2,(H,49,53)/t38-/m1/s1. The molecule has 1 saturated heterocycles. The predicted molar refractivity (Wildman–Crippen MR) is 238 cm³/mol. The first-order valence-corrected chi connectivity index (χ1v) is 22.9. The Kier molecular flexibility index (Phi) is 14.2. The lowest BCUT2D eigenvalue weighted by molar-refractivity contribution is -0.384. The largest absolute Gasteiger partial charge is 0.376 e. The number of anilines is 2. The highest BCUT2D eigenvalue weighted by Gasteiger charge is 2.26. The van der Waals surface area contributed by atoms with Crippen molar-refractivity contribution in [1.29, 1.82) is 0 Å². The van der Waals surface area contributed by atoms with Gasteiger partial charge in [0.15, 0.2) is 0 Å². The van der Waals surface area contributed by atoms with E-state index in [1.807, 2.05) is 54.6 Å². The molecule has 7 rings (SSSR count). The Hall–Kier alpha value is -4.92. The van der Waals surface area contributed by atoms with Crippen LogP contribution in [-0.4, -0.2) is 81.3 Å². The molecule has 308 valence electrons. The second-order valence-corrected chi connectivity index (χ2v) is 18.2. The zero-order chi connectivity index (χ0) is 41.2. The van der Waals surface area contributed by atoms with E-state index in [0.717, 1.165) is 92.2 Å². The number of nitrogens with one attached hydrogen (secondary N) is 3. The molecular formula is C45H49ClN6O5S2. The Morgan fingerprint density at radius 1 is 0.881 bits per heavy atom. The number of benzene rings is 5. The van der Waals surface area contributed by atoms with Crippen LogP contribution in [0.3, 0.4) is 0 Å². The molecular weight excluding hydrogens is 804 g/mol. The van der Waals surface area contributed by atoms with Crippen molar-refractivity contribution in [3.8, 4) is 11.1 Å². The van der Waals surface area contributed by atoms with Crippen LogP contribution in [0.1, 0.15) is 41.6 Å². The van der Waals surface area contributed by atoms with E-state index in [0.29, 0.717) is 11.8 Å². The zero-order valence-electron chi connectivity index (χ0n) is 32.8. The summed E-state index contributed by atoms with van der Waals surface area (Å²) in [6.45, 7) is 5.08. The van der Waals surface area contributed by atoms with Gasteiger partial charge in [-0.3, -0.25) is 19.8 Å². The lowest BCUT2D eigenvalue weighted by Gasteiger charge is -2.36. The topological polar surface area (TPSA) is 137 Å². The molecule has 1 saturated carbocycles. The number of hydrogen-bond acceptors (Lipinski definition) is 10. The number of sulfonamides is 1. The summed E-state index contributed by atoms with van der Waals surface area (Å²) in [5.41, 5.74) is 4.60. The number of thioether (sulfide) groups is 1. The van der Waals surface area contributed by atoms with Crippen molar-refractivity contribution < 1.29 is 18.1 Å². The first-order valence-electron chi connectivity index (χ1n) is 20.1. The van der Waals surface area contributed by atoms with Crippen LogP contribution in [0.15, 0.2) is 131 Å². The van der Waals surface area contributed by atoms with E-state index in [1.54, 1.807) is 23.9 Å². The van der Waals surface area contributed by atoms with Gasteiger partial charge in [-0.2, -0.15) is 0 Å². The molecule has 0 unspecified atom stereocenters. The first kappa shape index (κ1) is 42.2. The van der Waals surface area contributed by atoms with Gasteiger partial charge in [0.1, 0.15) is 5.69 Å². The van der Waals surface area contributed by atoms with Crippen LogP contribution in [-0.2, 0) is 16.4 Å². The number of amides is 1. The van der Waals surface area contributed by atoms with Gasteiger partial charge in [-0.25, -0.2) is 13.1 Å². The predicted octanol–water partition coefficient (Wildman–Crippen LogP) is 8.50. The van der Waals surface area contributed by atoms with Gasteiger partial charge in [0.25, 0.3) is 21.6 Å². The lowest BCUT2D eigenvalue weighted by Crippen LogP contribution is -2.47. The van der Waals surface area contributed by atoms with Crippen molar-refractivity contribution in [3.63, 3.8) is 0 Å². The van der Waals surface area contributed by atoms with E-state index in [9.17, 15) is 23.3 Å². The minimum Gasteiger partial charge on any atom is -0.376 e. The van der Waals surface area contributed by atoms with E-state index >= 15 is 0 Å². The molecule has 3 N–H and O–H groups in total. The van der Waals surface area contributed by atoms with Gasteiger partial charge in [-0.05, 0) is 110 Å². The minimum absolute atomic E-state index is 0.130. The van der Waals surface area contributed by atoms with Crippen LogP contribution >= 0.6 is 23.4 Å². The molecule has 0 aromatic heterocycles. The average Bonchev–Trinajstić information content (AvgIpc) is 3.23. The summed E-state index contributed by atoms with van der Waals surface area (Å²) in [6, 6.07) is 37.3. The second kappa shape index (κ2) is 19.9. The SMILES string of the molecule is O=C(NS(=O)(=O)c1ccc(N[C@H](CCNC2CCC2)CSc2ccccc2)c([N+](=O)[O-])c1)c1ccc(N2CCN(CCc3ccccc3-c3ccc(Cl)cc3)CC2)cc1. The van der Waals surface area contributed by atoms with Gasteiger partial charge in [-0.1, -0.05) is 72.6 Å². The molecule has 1 atom stereocenters. The fourth-order valence-electron chi connectivity index (χ4n) is 7.38. The molecule has 1 aliphatic heterocycles. The van der Waals surface area contributed by atoms with E-state index < -0.39 is 20.9 Å². The molecule has 11 nitrogen and oxygen atoms in total. The van der Waals surface area contributed by atoms with Gasteiger partial charge in [0, 0.05) is 77.8 Å². The van der Waals surface area contributed by atoms with E-state index in [4.69, 9.17) is 11.6 Å².